The van der Waals surface area contributed by atoms with Crippen molar-refractivity contribution >= 4 is 5.82 Å². The zero-order valence-corrected chi connectivity index (χ0v) is 11.8. The van der Waals surface area contributed by atoms with Gasteiger partial charge in [0.25, 0.3) is 0 Å². The lowest BCUT2D eigenvalue weighted by atomic mass is 10.2. The minimum Gasteiger partial charge on any atom is -0.396 e. The topological polar surface area (TPSA) is 63.4 Å². The summed E-state index contributed by atoms with van der Waals surface area (Å²) < 4.78 is 0. The van der Waals surface area contributed by atoms with Crippen molar-refractivity contribution in [3.05, 3.63) is 23.9 Å². The van der Waals surface area contributed by atoms with Crippen molar-refractivity contribution in [3.63, 3.8) is 0 Å². The first-order chi connectivity index (χ1) is 9.85. The molecule has 0 aliphatic carbocycles. The zero-order chi connectivity index (χ0) is 14.2. The first-order valence-electron chi connectivity index (χ1n) is 7.28. The fraction of sp³-hybridized carbons (Fsp3) is 0.600. The van der Waals surface area contributed by atoms with Crippen LogP contribution in [-0.2, 0) is 0 Å². The van der Waals surface area contributed by atoms with Crippen LogP contribution in [0, 0.1) is 11.3 Å². The molecular weight excluding hydrogens is 252 g/mol. The summed E-state index contributed by atoms with van der Waals surface area (Å²) in [6.07, 6.45) is 4.89. The lowest BCUT2D eigenvalue weighted by Gasteiger charge is -2.35. The van der Waals surface area contributed by atoms with Gasteiger partial charge in [-0.15, -0.1) is 0 Å². The van der Waals surface area contributed by atoms with E-state index in [2.05, 4.69) is 20.9 Å². The summed E-state index contributed by atoms with van der Waals surface area (Å²) in [5.74, 6) is 0.815. The van der Waals surface area contributed by atoms with Gasteiger partial charge in [0, 0.05) is 39.0 Å². The van der Waals surface area contributed by atoms with Crippen LogP contribution in [0.5, 0.6) is 0 Å². The summed E-state index contributed by atoms with van der Waals surface area (Å²) in [5, 5.41) is 17.9. The van der Waals surface area contributed by atoms with Gasteiger partial charge in [0.15, 0.2) is 0 Å². The van der Waals surface area contributed by atoms with Gasteiger partial charge in [-0.1, -0.05) is 0 Å². The Hall–Kier alpha value is -1.64. The molecule has 0 unspecified atom stereocenters. The number of unbranched alkanes of at least 4 members (excludes halogenated alkanes) is 2. The number of aliphatic hydroxyl groups is 1. The number of nitriles is 1. The van der Waals surface area contributed by atoms with Gasteiger partial charge in [-0.25, -0.2) is 4.98 Å². The zero-order valence-electron chi connectivity index (χ0n) is 11.8. The highest BCUT2D eigenvalue weighted by molar-refractivity contribution is 5.53. The molecule has 1 aliphatic rings. The average molecular weight is 274 g/mol. The van der Waals surface area contributed by atoms with Crippen LogP contribution < -0.4 is 4.90 Å². The Morgan fingerprint density at radius 2 is 2.00 bits per heavy atom. The first-order valence-corrected chi connectivity index (χ1v) is 7.28. The second-order valence-electron chi connectivity index (χ2n) is 5.10. The van der Waals surface area contributed by atoms with E-state index in [-0.39, 0.29) is 0 Å². The lowest BCUT2D eigenvalue weighted by Crippen LogP contribution is -2.47. The normalized spacial score (nSPS) is 16.1. The van der Waals surface area contributed by atoms with Crippen LogP contribution in [0.3, 0.4) is 0 Å². The summed E-state index contributed by atoms with van der Waals surface area (Å²) in [6.45, 7) is 5.27. The number of rotatable bonds is 6. The van der Waals surface area contributed by atoms with E-state index in [9.17, 15) is 0 Å². The maximum absolute atomic E-state index is 9.12. The Kier molecular flexibility index (Phi) is 5.78. The van der Waals surface area contributed by atoms with Crippen molar-refractivity contribution in [2.45, 2.75) is 19.3 Å². The number of pyridine rings is 1. The van der Waals surface area contributed by atoms with Crippen LogP contribution in [0.15, 0.2) is 18.3 Å². The van der Waals surface area contributed by atoms with Crippen molar-refractivity contribution in [3.8, 4) is 6.07 Å². The number of piperazine rings is 1. The third kappa shape index (κ3) is 3.92. The number of anilines is 1. The molecule has 0 amide bonds. The molecule has 2 heterocycles. The average Bonchev–Trinajstić information content (AvgIpc) is 2.52. The SMILES string of the molecule is N#Cc1cccnc1N1CCN(CCCCCO)CC1. The maximum atomic E-state index is 9.12. The number of aromatic nitrogens is 1. The van der Waals surface area contributed by atoms with Crippen LogP contribution in [0.1, 0.15) is 24.8 Å². The Labute approximate surface area is 120 Å². The second-order valence-corrected chi connectivity index (χ2v) is 5.10. The van der Waals surface area contributed by atoms with Crippen molar-refractivity contribution in [1.82, 2.24) is 9.88 Å². The molecule has 0 bridgehead atoms. The standard InChI is InChI=1S/C15H22N4O/c16-13-14-5-4-6-17-15(14)19-10-8-18(9-11-19)7-2-1-3-12-20/h4-6,20H,1-3,7-12H2. The van der Waals surface area contributed by atoms with E-state index >= 15 is 0 Å². The summed E-state index contributed by atoms with van der Waals surface area (Å²) >= 11 is 0. The highest BCUT2D eigenvalue weighted by atomic mass is 16.2. The molecule has 5 nitrogen and oxygen atoms in total. The van der Waals surface area contributed by atoms with Crippen molar-refractivity contribution in [2.24, 2.45) is 0 Å². The van der Waals surface area contributed by atoms with E-state index in [1.807, 2.05) is 6.07 Å². The van der Waals surface area contributed by atoms with Crippen LogP contribution in [0.25, 0.3) is 0 Å². The van der Waals surface area contributed by atoms with E-state index < -0.39 is 0 Å². The molecular formula is C15H22N4O. The van der Waals surface area contributed by atoms with Gasteiger partial charge in [0.2, 0.25) is 0 Å². The predicted octanol–water partition coefficient (Wildman–Crippen LogP) is 1.24. The number of nitrogens with zero attached hydrogens (tertiary/aromatic N) is 4. The molecule has 20 heavy (non-hydrogen) atoms. The van der Waals surface area contributed by atoms with Gasteiger partial charge in [-0.3, -0.25) is 4.90 Å². The van der Waals surface area contributed by atoms with Gasteiger partial charge >= 0.3 is 0 Å². The third-order valence-corrected chi connectivity index (χ3v) is 3.71. The van der Waals surface area contributed by atoms with Gasteiger partial charge in [0.05, 0.1) is 5.56 Å². The molecule has 1 aromatic heterocycles. The fourth-order valence-corrected chi connectivity index (χ4v) is 2.54. The van der Waals surface area contributed by atoms with E-state index in [0.29, 0.717) is 12.2 Å². The molecule has 1 fully saturated rings. The largest absolute Gasteiger partial charge is 0.396 e. The van der Waals surface area contributed by atoms with E-state index in [0.717, 1.165) is 57.8 Å². The van der Waals surface area contributed by atoms with Crippen molar-refractivity contribution in [1.29, 1.82) is 5.26 Å². The molecule has 0 atom stereocenters. The van der Waals surface area contributed by atoms with Gasteiger partial charge in [-0.05, 0) is 37.9 Å². The number of aliphatic hydroxyl groups excluding tert-OH is 1. The minimum atomic E-state index is 0.296. The first kappa shape index (κ1) is 14.8. The van der Waals surface area contributed by atoms with Crippen molar-refractivity contribution in [2.75, 3.05) is 44.2 Å². The Bertz CT molecular complexity index is 449. The summed E-state index contributed by atoms with van der Waals surface area (Å²) in [4.78, 5) is 8.99. The van der Waals surface area contributed by atoms with Crippen LogP contribution in [0.4, 0.5) is 5.82 Å². The highest BCUT2D eigenvalue weighted by Gasteiger charge is 2.19. The summed E-state index contributed by atoms with van der Waals surface area (Å²) in [5.41, 5.74) is 0.656. The Balaban J connectivity index is 1.81. The van der Waals surface area contributed by atoms with Crippen LogP contribution in [-0.4, -0.2) is 54.3 Å². The quantitative estimate of drug-likeness (QED) is 0.791. The highest BCUT2D eigenvalue weighted by Crippen LogP contribution is 2.18. The maximum Gasteiger partial charge on any atom is 0.146 e. The van der Waals surface area contributed by atoms with Gasteiger partial charge in [0.1, 0.15) is 11.9 Å². The summed E-state index contributed by atoms with van der Waals surface area (Å²) in [6, 6.07) is 5.84. The van der Waals surface area contributed by atoms with E-state index in [1.165, 1.54) is 0 Å². The van der Waals surface area contributed by atoms with Crippen LogP contribution in [0.2, 0.25) is 0 Å². The molecule has 108 valence electrons. The number of hydrogen-bond acceptors (Lipinski definition) is 5. The number of hydrogen-bond donors (Lipinski definition) is 1. The monoisotopic (exact) mass is 274 g/mol. The molecule has 1 aliphatic heterocycles. The lowest BCUT2D eigenvalue weighted by molar-refractivity contribution is 0.242. The minimum absolute atomic E-state index is 0.296. The third-order valence-electron chi connectivity index (χ3n) is 3.71. The molecule has 5 heteroatoms. The molecule has 2 rings (SSSR count). The van der Waals surface area contributed by atoms with Gasteiger partial charge in [-0.2, -0.15) is 5.26 Å². The molecule has 0 spiro atoms. The molecule has 1 aromatic rings. The Morgan fingerprint density at radius 1 is 1.20 bits per heavy atom. The van der Waals surface area contributed by atoms with Gasteiger partial charge < -0.3 is 10.0 Å². The fourth-order valence-electron chi connectivity index (χ4n) is 2.54. The van der Waals surface area contributed by atoms with E-state index in [4.69, 9.17) is 10.4 Å². The van der Waals surface area contributed by atoms with E-state index in [1.54, 1.807) is 12.3 Å². The molecule has 1 saturated heterocycles. The summed E-state index contributed by atoms with van der Waals surface area (Å²) in [7, 11) is 0. The van der Waals surface area contributed by atoms with Crippen LogP contribution >= 0.6 is 0 Å². The molecule has 0 radical (unpaired) electrons. The molecule has 1 N–H and O–H groups in total. The molecule has 0 saturated carbocycles. The smallest absolute Gasteiger partial charge is 0.146 e. The van der Waals surface area contributed by atoms with Crippen molar-refractivity contribution < 1.29 is 5.11 Å². The second kappa shape index (κ2) is 7.83. The predicted molar refractivity (Wildman–Crippen MR) is 78.5 cm³/mol. The Morgan fingerprint density at radius 3 is 2.70 bits per heavy atom. The molecule has 0 aromatic carbocycles.